The summed E-state index contributed by atoms with van der Waals surface area (Å²) < 4.78 is 41.9. The summed E-state index contributed by atoms with van der Waals surface area (Å²) in [6.07, 6.45) is -2.92. The first-order valence-electron chi connectivity index (χ1n) is 10.7. The third-order valence-electron chi connectivity index (χ3n) is 6.25. The van der Waals surface area contributed by atoms with E-state index in [4.69, 9.17) is 11.6 Å². The van der Waals surface area contributed by atoms with Crippen LogP contribution in [0.1, 0.15) is 71.5 Å². The van der Waals surface area contributed by atoms with E-state index in [0.29, 0.717) is 36.4 Å². The maximum absolute atomic E-state index is 13.6. The summed E-state index contributed by atoms with van der Waals surface area (Å²) in [4.78, 5) is 27.6. The standard InChI is InChI=1S/C22H24ClF3N4O3/c1-12(2)30-11-17(19(27-30)22(24,25)26)20(31)28-7-5-13-8-14(23)9-15(16(13)10-28)18-4-3-6-29(18)21(32)33/h8-9,11-12,18H,3-7,10H2,1-2H3,(H,32,33)/t18-/m0/s1. The Bertz CT molecular complexity index is 1100. The topological polar surface area (TPSA) is 78.7 Å². The van der Waals surface area contributed by atoms with Gasteiger partial charge in [-0.1, -0.05) is 11.6 Å². The Morgan fingerprint density at radius 1 is 1.24 bits per heavy atom. The summed E-state index contributed by atoms with van der Waals surface area (Å²) >= 11 is 6.30. The Morgan fingerprint density at radius 3 is 2.61 bits per heavy atom. The van der Waals surface area contributed by atoms with E-state index in [1.54, 1.807) is 26.0 Å². The van der Waals surface area contributed by atoms with E-state index < -0.39 is 35.5 Å². The van der Waals surface area contributed by atoms with Gasteiger partial charge in [0.05, 0.1) is 11.6 Å². The molecule has 1 N–H and O–H groups in total. The molecule has 1 aromatic heterocycles. The molecular formula is C22H24ClF3N4O3. The van der Waals surface area contributed by atoms with Crippen LogP contribution in [0.15, 0.2) is 18.3 Å². The van der Waals surface area contributed by atoms with Gasteiger partial charge < -0.3 is 14.9 Å². The first kappa shape index (κ1) is 23.4. The van der Waals surface area contributed by atoms with Gasteiger partial charge in [-0.3, -0.25) is 9.48 Å². The van der Waals surface area contributed by atoms with Crippen LogP contribution in [0.4, 0.5) is 18.0 Å². The fourth-order valence-electron chi connectivity index (χ4n) is 4.64. The lowest BCUT2D eigenvalue weighted by atomic mass is 9.90. The molecule has 1 aromatic carbocycles. The van der Waals surface area contributed by atoms with E-state index in [9.17, 15) is 27.9 Å². The number of halogens is 4. The van der Waals surface area contributed by atoms with Crippen molar-refractivity contribution in [2.45, 2.75) is 57.9 Å². The summed E-state index contributed by atoms with van der Waals surface area (Å²) in [7, 11) is 0. The molecule has 0 unspecified atom stereocenters. The summed E-state index contributed by atoms with van der Waals surface area (Å²) in [6.45, 7) is 4.07. The monoisotopic (exact) mass is 484 g/mol. The molecule has 0 aliphatic carbocycles. The average molecular weight is 485 g/mol. The molecule has 2 aliphatic rings. The van der Waals surface area contributed by atoms with E-state index in [0.717, 1.165) is 22.0 Å². The third-order valence-corrected chi connectivity index (χ3v) is 6.46. The second-order valence-electron chi connectivity index (χ2n) is 8.71. The molecule has 33 heavy (non-hydrogen) atoms. The molecule has 1 atom stereocenters. The number of fused-ring (bicyclic) bond motifs is 1. The number of carbonyl (C=O) groups is 2. The molecule has 1 fully saturated rings. The number of nitrogens with zero attached hydrogens (tertiary/aromatic N) is 4. The van der Waals surface area contributed by atoms with E-state index in [-0.39, 0.29) is 19.1 Å². The van der Waals surface area contributed by atoms with Gasteiger partial charge in [0.25, 0.3) is 5.91 Å². The maximum atomic E-state index is 13.6. The number of aromatic nitrogens is 2. The average Bonchev–Trinajstić information content (AvgIpc) is 3.39. The van der Waals surface area contributed by atoms with Crippen LogP contribution in [0.3, 0.4) is 0 Å². The zero-order chi connectivity index (χ0) is 24.1. The summed E-state index contributed by atoms with van der Waals surface area (Å²) in [5.74, 6) is -0.748. The molecule has 1 saturated heterocycles. The van der Waals surface area contributed by atoms with E-state index >= 15 is 0 Å². The van der Waals surface area contributed by atoms with Crippen LogP contribution in [0.2, 0.25) is 5.02 Å². The van der Waals surface area contributed by atoms with Crippen molar-refractivity contribution in [2.75, 3.05) is 13.1 Å². The van der Waals surface area contributed by atoms with Gasteiger partial charge in [-0.15, -0.1) is 0 Å². The Kier molecular flexibility index (Phi) is 6.07. The number of carboxylic acid groups (broad SMARTS) is 1. The molecule has 2 aromatic rings. The number of hydrogen-bond acceptors (Lipinski definition) is 3. The lowest BCUT2D eigenvalue weighted by Crippen LogP contribution is -2.38. The van der Waals surface area contributed by atoms with Crippen molar-refractivity contribution >= 4 is 23.6 Å². The highest BCUT2D eigenvalue weighted by Gasteiger charge is 2.41. The predicted molar refractivity (Wildman–Crippen MR) is 114 cm³/mol. The summed E-state index contributed by atoms with van der Waals surface area (Å²) in [5, 5.41) is 13.7. The van der Waals surface area contributed by atoms with Crippen LogP contribution in [0.5, 0.6) is 0 Å². The molecule has 2 aliphatic heterocycles. The van der Waals surface area contributed by atoms with Crippen LogP contribution in [-0.4, -0.2) is 49.8 Å². The largest absolute Gasteiger partial charge is 0.465 e. The van der Waals surface area contributed by atoms with E-state index in [2.05, 4.69) is 5.10 Å². The Labute approximate surface area is 193 Å². The second-order valence-corrected chi connectivity index (χ2v) is 9.14. The van der Waals surface area contributed by atoms with Gasteiger partial charge in [-0.05, 0) is 61.9 Å². The van der Waals surface area contributed by atoms with E-state index in [1.165, 1.54) is 9.80 Å². The minimum absolute atomic E-state index is 0.0782. The smallest absolute Gasteiger partial charge is 0.435 e. The molecule has 11 heteroatoms. The van der Waals surface area contributed by atoms with Crippen LogP contribution in [0, 0.1) is 0 Å². The van der Waals surface area contributed by atoms with Gasteiger partial charge in [0, 0.05) is 36.9 Å². The minimum Gasteiger partial charge on any atom is -0.465 e. The highest BCUT2D eigenvalue weighted by atomic mass is 35.5. The molecule has 0 spiro atoms. The molecule has 7 nitrogen and oxygen atoms in total. The van der Waals surface area contributed by atoms with Gasteiger partial charge in [-0.25, -0.2) is 4.79 Å². The van der Waals surface area contributed by atoms with Gasteiger partial charge in [0.1, 0.15) is 0 Å². The maximum Gasteiger partial charge on any atom is 0.435 e. The lowest BCUT2D eigenvalue weighted by Gasteiger charge is -2.33. The summed E-state index contributed by atoms with van der Waals surface area (Å²) in [5.41, 5.74) is 0.665. The van der Waals surface area contributed by atoms with Gasteiger partial charge in [0.15, 0.2) is 5.69 Å². The predicted octanol–water partition coefficient (Wildman–Crippen LogP) is 5.15. The zero-order valence-corrected chi connectivity index (χ0v) is 18.9. The number of likely N-dealkylation sites (tertiary alicyclic amines) is 1. The Balaban J connectivity index is 1.70. The zero-order valence-electron chi connectivity index (χ0n) is 18.2. The fraction of sp³-hybridized carbons (Fsp3) is 0.500. The number of hydrogen-bond donors (Lipinski definition) is 1. The molecular weight excluding hydrogens is 461 g/mol. The third kappa shape index (κ3) is 4.40. The van der Waals surface area contributed by atoms with Gasteiger partial charge >= 0.3 is 12.3 Å². The molecule has 2 amide bonds. The quantitative estimate of drug-likeness (QED) is 0.653. The highest BCUT2D eigenvalue weighted by molar-refractivity contribution is 6.30. The van der Waals surface area contributed by atoms with Crippen molar-refractivity contribution in [3.63, 3.8) is 0 Å². The van der Waals surface area contributed by atoms with E-state index in [1.807, 2.05) is 0 Å². The first-order valence-corrected chi connectivity index (χ1v) is 11.1. The van der Waals surface area contributed by atoms with Crippen molar-refractivity contribution in [3.8, 4) is 0 Å². The Hall–Kier alpha value is -2.75. The van der Waals surface area contributed by atoms with Gasteiger partial charge in [-0.2, -0.15) is 18.3 Å². The molecule has 178 valence electrons. The second kappa shape index (κ2) is 8.55. The first-order chi connectivity index (χ1) is 15.5. The van der Waals surface area contributed by atoms with Crippen LogP contribution in [-0.2, 0) is 19.1 Å². The molecule has 4 rings (SSSR count). The van der Waals surface area contributed by atoms with Crippen LogP contribution >= 0.6 is 11.6 Å². The van der Waals surface area contributed by atoms with Crippen LogP contribution < -0.4 is 0 Å². The molecule has 3 heterocycles. The molecule has 0 saturated carbocycles. The minimum atomic E-state index is -4.76. The molecule has 0 radical (unpaired) electrons. The number of amides is 2. The van der Waals surface area contributed by atoms with Crippen molar-refractivity contribution in [3.05, 3.63) is 51.3 Å². The van der Waals surface area contributed by atoms with Gasteiger partial charge in [0.2, 0.25) is 0 Å². The highest BCUT2D eigenvalue weighted by Crippen LogP contribution is 2.39. The summed E-state index contributed by atoms with van der Waals surface area (Å²) in [6, 6.07) is 2.74. The Morgan fingerprint density at radius 2 is 1.97 bits per heavy atom. The molecule has 0 bridgehead atoms. The van der Waals surface area contributed by atoms with Crippen molar-refractivity contribution in [2.24, 2.45) is 0 Å². The SMILES string of the molecule is CC(C)n1cc(C(=O)N2CCc3cc(Cl)cc([C@@H]4CCCN4C(=O)O)c3C2)c(C(F)(F)F)n1. The number of carbonyl (C=O) groups excluding carboxylic acids is 1. The number of benzene rings is 1. The lowest BCUT2D eigenvalue weighted by molar-refractivity contribution is -0.142. The van der Waals surface area contributed by atoms with Crippen molar-refractivity contribution in [1.82, 2.24) is 19.6 Å². The van der Waals surface area contributed by atoms with Crippen LogP contribution in [0.25, 0.3) is 0 Å². The number of rotatable bonds is 3. The van der Waals surface area contributed by atoms with Crippen molar-refractivity contribution in [1.29, 1.82) is 0 Å². The normalized spacial score (nSPS) is 18.7. The fourth-order valence-corrected chi connectivity index (χ4v) is 4.89. The van der Waals surface area contributed by atoms with Crippen molar-refractivity contribution < 1.29 is 27.9 Å². The number of alkyl halides is 3.